The van der Waals surface area contributed by atoms with Gasteiger partial charge in [0.15, 0.2) is 0 Å². The van der Waals surface area contributed by atoms with E-state index in [2.05, 4.69) is 12.0 Å². The zero-order chi connectivity index (χ0) is 15.0. The molecule has 0 saturated heterocycles. The molecule has 0 aromatic carbocycles. The van der Waals surface area contributed by atoms with E-state index in [0.717, 1.165) is 17.2 Å². The highest BCUT2D eigenvalue weighted by Crippen LogP contribution is 2.46. The van der Waals surface area contributed by atoms with Gasteiger partial charge < -0.3 is 9.32 Å². The molecule has 0 spiro atoms. The Morgan fingerprint density at radius 2 is 2.19 bits per heavy atom. The van der Waals surface area contributed by atoms with Gasteiger partial charge in [-0.2, -0.15) is 5.10 Å². The summed E-state index contributed by atoms with van der Waals surface area (Å²) in [5.41, 5.74) is 1.34. The molecule has 0 N–H and O–H groups in total. The van der Waals surface area contributed by atoms with Crippen LogP contribution in [-0.2, 0) is 23.3 Å². The van der Waals surface area contributed by atoms with Crippen LogP contribution in [-0.4, -0.2) is 27.6 Å². The Kier molecular flexibility index (Phi) is 3.35. The van der Waals surface area contributed by atoms with Gasteiger partial charge in [0.25, 0.3) is 0 Å². The van der Waals surface area contributed by atoms with Crippen LogP contribution in [0.4, 0.5) is 0 Å². The zero-order valence-corrected chi connectivity index (χ0v) is 12.8. The molecule has 0 unspecified atom stereocenters. The summed E-state index contributed by atoms with van der Waals surface area (Å²) >= 11 is 0. The number of amides is 1. The maximum atomic E-state index is 12.2. The Balaban J connectivity index is 1.59. The minimum absolute atomic E-state index is 0.0275. The van der Waals surface area contributed by atoms with Gasteiger partial charge >= 0.3 is 0 Å². The monoisotopic (exact) mass is 287 g/mol. The zero-order valence-electron chi connectivity index (χ0n) is 12.8. The molecule has 3 rings (SSSR count). The quantitative estimate of drug-likeness (QED) is 0.849. The highest BCUT2D eigenvalue weighted by molar-refractivity contribution is 5.75. The summed E-state index contributed by atoms with van der Waals surface area (Å²) in [5.74, 6) is 1.69. The first kappa shape index (κ1) is 13.9. The maximum Gasteiger partial charge on any atom is 0.244 e. The maximum absolute atomic E-state index is 12.2. The standard InChI is InChI=1S/C16H21N3O2/c1-12-4-5-13(21-12)10-18(3)15(20)11-19-9-6-14(17-19)16(2)7-8-16/h4-6,9H,7-8,10-11H2,1-3H3. The molecule has 0 bridgehead atoms. The highest BCUT2D eigenvalue weighted by Gasteiger charge is 2.41. The summed E-state index contributed by atoms with van der Waals surface area (Å²) in [6.07, 6.45) is 4.27. The molecule has 1 aliphatic rings. The lowest BCUT2D eigenvalue weighted by Gasteiger charge is -2.15. The van der Waals surface area contributed by atoms with Crippen LogP contribution in [0.15, 0.2) is 28.8 Å². The Morgan fingerprint density at radius 3 is 2.81 bits per heavy atom. The molecule has 2 aromatic heterocycles. The second kappa shape index (κ2) is 5.06. The SMILES string of the molecule is Cc1ccc(CN(C)C(=O)Cn2ccc(C3(C)CC3)n2)o1. The van der Waals surface area contributed by atoms with Gasteiger partial charge in [0, 0.05) is 18.7 Å². The largest absolute Gasteiger partial charge is 0.464 e. The first-order valence-corrected chi connectivity index (χ1v) is 7.29. The minimum atomic E-state index is 0.0275. The number of carbonyl (C=O) groups excluding carboxylic acids is 1. The normalized spacial score (nSPS) is 16.0. The van der Waals surface area contributed by atoms with Crippen molar-refractivity contribution in [2.24, 2.45) is 0 Å². The molecule has 5 heteroatoms. The topological polar surface area (TPSA) is 51.3 Å². The van der Waals surface area contributed by atoms with Crippen LogP contribution >= 0.6 is 0 Å². The molecule has 0 radical (unpaired) electrons. The van der Waals surface area contributed by atoms with E-state index >= 15 is 0 Å². The third-order valence-electron chi connectivity index (χ3n) is 4.17. The van der Waals surface area contributed by atoms with E-state index in [9.17, 15) is 4.79 Å². The van der Waals surface area contributed by atoms with Gasteiger partial charge in [0.1, 0.15) is 18.1 Å². The molecule has 2 heterocycles. The number of rotatable bonds is 5. The Morgan fingerprint density at radius 1 is 1.43 bits per heavy atom. The van der Waals surface area contributed by atoms with Crippen LogP contribution in [0.3, 0.4) is 0 Å². The van der Waals surface area contributed by atoms with E-state index in [1.54, 1.807) is 16.6 Å². The first-order valence-electron chi connectivity index (χ1n) is 7.29. The van der Waals surface area contributed by atoms with Crippen LogP contribution in [0.1, 0.15) is 37.0 Å². The number of aromatic nitrogens is 2. The van der Waals surface area contributed by atoms with Gasteiger partial charge in [-0.3, -0.25) is 9.48 Å². The van der Waals surface area contributed by atoms with E-state index in [1.165, 1.54) is 12.8 Å². The minimum Gasteiger partial charge on any atom is -0.464 e. The number of hydrogen-bond donors (Lipinski definition) is 0. The predicted molar refractivity (Wildman–Crippen MR) is 78.7 cm³/mol. The summed E-state index contributed by atoms with van der Waals surface area (Å²) < 4.78 is 7.22. The summed E-state index contributed by atoms with van der Waals surface area (Å²) in [5, 5.41) is 4.52. The summed E-state index contributed by atoms with van der Waals surface area (Å²) in [6, 6.07) is 5.83. The number of aryl methyl sites for hydroxylation is 1. The van der Waals surface area contributed by atoms with Gasteiger partial charge in [0.2, 0.25) is 5.91 Å². The molecule has 0 aliphatic heterocycles. The van der Waals surface area contributed by atoms with Gasteiger partial charge in [-0.15, -0.1) is 0 Å². The second-order valence-corrected chi connectivity index (χ2v) is 6.22. The van der Waals surface area contributed by atoms with E-state index in [1.807, 2.05) is 31.3 Å². The van der Waals surface area contributed by atoms with Crippen LogP contribution in [0, 0.1) is 6.92 Å². The summed E-state index contributed by atoms with van der Waals surface area (Å²) in [6.45, 7) is 4.87. The number of carbonyl (C=O) groups is 1. The van der Waals surface area contributed by atoms with Crippen molar-refractivity contribution < 1.29 is 9.21 Å². The Hall–Kier alpha value is -2.04. The van der Waals surface area contributed by atoms with E-state index in [0.29, 0.717) is 6.54 Å². The first-order chi connectivity index (χ1) is 9.96. The highest BCUT2D eigenvalue weighted by atomic mass is 16.3. The lowest BCUT2D eigenvalue weighted by Crippen LogP contribution is -2.29. The number of nitrogens with zero attached hydrogens (tertiary/aromatic N) is 3. The van der Waals surface area contributed by atoms with Crippen LogP contribution in [0.25, 0.3) is 0 Å². The lowest BCUT2D eigenvalue weighted by atomic mass is 10.1. The third-order valence-corrected chi connectivity index (χ3v) is 4.17. The number of hydrogen-bond acceptors (Lipinski definition) is 3. The van der Waals surface area contributed by atoms with Gasteiger partial charge in [-0.05, 0) is 38.0 Å². The molecule has 1 saturated carbocycles. The number of furan rings is 1. The van der Waals surface area contributed by atoms with E-state index in [4.69, 9.17) is 4.42 Å². The molecule has 0 atom stereocenters. The predicted octanol–water partition coefficient (Wildman–Crippen LogP) is 2.49. The molecule has 5 nitrogen and oxygen atoms in total. The molecular weight excluding hydrogens is 266 g/mol. The molecule has 2 aromatic rings. The van der Waals surface area contributed by atoms with Crippen molar-refractivity contribution in [3.63, 3.8) is 0 Å². The second-order valence-electron chi connectivity index (χ2n) is 6.22. The van der Waals surface area contributed by atoms with Crippen molar-refractivity contribution in [1.82, 2.24) is 14.7 Å². The van der Waals surface area contributed by atoms with Gasteiger partial charge in [0.05, 0.1) is 12.2 Å². The number of likely N-dealkylation sites (N-methyl/N-ethyl adjacent to an activating group) is 1. The molecular formula is C16H21N3O2. The Labute approximate surface area is 124 Å². The molecule has 1 aliphatic carbocycles. The molecule has 1 fully saturated rings. The van der Waals surface area contributed by atoms with Crippen LogP contribution in [0.5, 0.6) is 0 Å². The molecule has 112 valence electrons. The lowest BCUT2D eigenvalue weighted by molar-refractivity contribution is -0.131. The van der Waals surface area contributed by atoms with Crippen LogP contribution in [0.2, 0.25) is 0 Å². The van der Waals surface area contributed by atoms with Gasteiger partial charge in [-0.25, -0.2) is 0 Å². The van der Waals surface area contributed by atoms with Crippen molar-refractivity contribution in [3.05, 3.63) is 41.6 Å². The smallest absolute Gasteiger partial charge is 0.244 e. The fourth-order valence-electron chi connectivity index (χ4n) is 2.37. The average Bonchev–Trinajstić information content (AvgIpc) is 2.86. The average molecular weight is 287 g/mol. The summed E-state index contributed by atoms with van der Waals surface area (Å²) in [4.78, 5) is 13.9. The molecule has 1 amide bonds. The van der Waals surface area contributed by atoms with Crippen molar-refractivity contribution >= 4 is 5.91 Å². The molecule has 21 heavy (non-hydrogen) atoms. The van der Waals surface area contributed by atoms with Crippen molar-refractivity contribution in [2.45, 2.75) is 45.2 Å². The van der Waals surface area contributed by atoms with Crippen LogP contribution < -0.4 is 0 Å². The summed E-state index contributed by atoms with van der Waals surface area (Å²) in [7, 11) is 1.78. The third kappa shape index (κ3) is 3.01. The fraction of sp³-hybridized carbons (Fsp3) is 0.500. The van der Waals surface area contributed by atoms with E-state index in [-0.39, 0.29) is 17.9 Å². The Bertz CT molecular complexity index is 652. The van der Waals surface area contributed by atoms with E-state index < -0.39 is 0 Å². The van der Waals surface area contributed by atoms with Crippen molar-refractivity contribution in [3.8, 4) is 0 Å². The van der Waals surface area contributed by atoms with Crippen molar-refractivity contribution in [1.29, 1.82) is 0 Å². The van der Waals surface area contributed by atoms with Gasteiger partial charge in [-0.1, -0.05) is 6.92 Å². The fourth-order valence-corrected chi connectivity index (χ4v) is 2.37. The van der Waals surface area contributed by atoms with Crippen molar-refractivity contribution in [2.75, 3.05) is 7.05 Å².